The second kappa shape index (κ2) is 45.6. The Balaban J connectivity index is 1.33. The molecule has 7 rings (SSSR count). The van der Waals surface area contributed by atoms with Gasteiger partial charge in [0.25, 0.3) is 0 Å². The summed E-state index contributed by atoms with van der Waals surface area (Å²) in [6.45, 7) is -1.13. The van der Waals surface area contributed by atoms with E-state index in [-0.39, 0.29) is 68.7 Å². The summed E-state index contributed by atoms with van der Waals surface area (Å²) in [4.78, 5) is 258. The van der Waals surface area contributed by atoms with Crippen molar-refractivity contribution in [1.82, 2.24) is 78.9 Å². The number of aliphatic hydroxyl groups is 3. The minimum atomic E-state index is -2.19. The zero-order valence-electron chi connectivity index (χ0n) is 63.8. The summed E-state index contributed by atoms with van der Waals surface area (Å²) in [6.07, 6.45) is -4.77. The number of carbonyl (C=O) groups excluding carboxylic acids is 17. The quantitative estimate of drug-likeness (QED) is 0.0592. The molecule has 642 valence electrons. The molecule has 0 radical (unpaired) electrons. The summed E-state index contributed by atoms with van der Waals surface area (Å²) in [5, 5.41) is 93.4. The maximum Gasteiger partial charge on any atom is 0.305 e. The maximum atomic E-state index is 15.1. The van der Waals surface area contributed by atoms with Crippen molar-refractivity contribution in [2.45, 2.75) is 168 Å². The van der Waals surface area contributed by atoms with Crippen molar-refractivity contribution >= 4 is 150 Å². The van der Waals surface area contributed by atoms with Crippen LogP contribution >= 0.6 is 43.2 Å². The monoisotopic (exact) mass is 1720 g/mol. The normalized spacial score (nSPS) is 27.2. The van der Waals surface area contributed by atoms with Crippen molar-refractivity contribution in [1.29, 1.82) is 0 Å². The van der Waals surface area contributed by atoms with E-state index in [1.807, 2.05) is 10.6 Å². The lowest BCUT2D eigenvalue weighted by Crippen LogP contribution is -2.62. The number of phenolic OH excluding ortho intramolecular Hbond substituents is 2. The van der Waals surface area contributed by atoms with Crippen LogP contribution in [0.25, 0.3) is 0 Å². The second-order valence-electron chi connectivity index (χ2n) is 27.9. The number of aliphatic carboxylic acids is 1. The third-order valence-corrected chi connectivity index (χ3v) is 23.8. The average Bonchev–Trinajstić information content (AvgIpc) is 1.66. The predicted octanol–water partition coefficient (Wildman–Crippen LogP) is -8.62. The number of phenols is 2. The van der Waals surface area contributed by atoms with E-state index in [0.717, 1.165) is 57.0 Å². The number of nitrogens with zero attached hydrogens (tertiary/aromatic N) is 2. The highest BCUT2D eigenvalue weighted by Gasteiger charge is 2.46. The van der Waals surface area contributed by atoms with Gasteiger partial charge in [-0.3, -0.25) is 86.3 Å². The van der Waals surface area contributed by atoms with Gasteiger partial charge in [-0.1, -0.05) is 97.8 Å². The van der Waals surface area contributed by atoms with E-state index >= 15 is 14.4 Å². The highest BCUT2D eigenvalue weighted by molar-refractivity contribution is 8.77. The van der Waals surface area contributed by atoms with Gasteiger partial charge in [-0.15, -0.1) is 0 Å². The minimum Gasteiger partial charge on any atom is -0.508 e. The molecule has 3 aromatic rings. The molecule has 0 aromatic heterocycles. The molecule has 17 amide bonds. The molecular weight excluding hydrogens is 1630 g/mol. The van der Waals surface area contributed by atoms with E-state index in [1.165, 1.54) is 58.3 Å². The number of fused-ring (bicyclic) bond motifs is 10. The first kappa shape index (κ1) is 94.1. The molecule has 46 heteroatoms. The Hall–Kier alpha value is -11.0. The van der Waals surface area contributed by atoms with Gasteiger partial charge in [0.2, 0.25) is 100 Å². The molecule has 3 aromatic carbocycles. The SMILES string of the molecule is C[C@@H]1NC(=O)[C@H](Cc2ccccc2)NC(=O)[C@@H]2CSSC[C@H](NC(=O)CN)C(=O)N[C@@H](CSSC[C@@H](C(N)=O)NC(=O)[C@H](Cc3ccc(O)cc3)NC(=O)[C@H](CC(=O)O)NC(=O)[C@H](CO)NC(=O)[C@H](CC(N)=O)NC(=O)[C@H]([C@@H](C)O)NC1=O)C(=O)N[C@@H](CO)C(=O)N[C@@H](Cc1ccc(O)cc1)C(=O)N1CCC[C@H]1C(=O)N1CCC[C@H]1C(=O)N2. The predicted molar refractivity (Wildman–Crippen MR) is 424 cm³/mol. The number of carboxylic acid groups (broad SMARTS) is 1. The van der Waals surface area contributed by atoms with Crippen LogP contribution in [-0.4, -0.2) is 299 Å². The molecule has 0 saturated carbocycles. The Morgan fingerprint density at radius 2 is 0.890 bits per heavy atom. The molecule has 4 heterocycles. The van der Waals surface area contributed by atoms with Gasteiger partial charge in [-0.2, -0.15) is 0 Å². The van der Waals surface area contributed by atoms with Crippen LogP contribution in [0.4, 0.5) is 0 Å². The van der Waals surface area contributed by atoms with Gasteiger partial charge in [0.05, 0.1) is 38.7 Å². The third-order valence-electron chi connectivity index (χ3n) is 18.9. The molecule has 0 unspecified atom stereocenters. The number of carbonyl (C=O) groups is 18. The average molecular weight is 1730 g/mol. The molecular formula is C72H96N18O24S4. The Morgan fingerprint density at radius 3 is 1.41 bits per heavy atom. The van der Waals surface area contributed by atoms with E-state index < -0.39 is 265 Å². The number of amides is 17. The largest absolute Gasteiger partial charge is 0.508 e. The first-order valence-electron chi connectivity index (χ1n) is 37.1. The first-order valence-corrected chi connectivity index (χ1v) is 42.1. The summed E-state index contributed by atoms with van der Waals surface area (Å²) < 4.78 is 0. The molecule has 118 heavy (non-hydrogen) atoms. The van der Waals surface area contributed by atoms with E-state index in [2.05, 4.69) is 58.5 Å². The van der Waals surface area contributed by atoms with Gasteiger partial charge in [0.1, 0.15) is 102 Å². The van der Waals surface area contributed by atoms with Gasteiger partial charge in [-0.25, -0.2) is 0 Å². The van der Waals surface area contributed by atoms with Crippen LogP contribution in [-0.2, 0) is 106 Å². The van der Waals surface area contributed by atoms with Gasteiger partial charge >= 0.3 is 5.97 Å². The second-order valence-corrected chi connectivity index (χ2v) is 33.0. The molecule has 4 aliphatic heterocycles. The van der Waals surface area contributed by atoms with E-state index in [1.54, 1.807) is 30.3 Å². The Bertz CT molecular complexity index is 4160. The fraction of sp³-hybridized carbons (Fsp3) is 0.500. The lowest BCUT2D eigenvalue weighted by atomic mass is 10.0. The molecule has 4 aliphatic rings. The molecule has 25 N–H and O–H groups in total. The number of nitrogens with two attached hydrogens (primary N) is 3. The summed E-state index contributed by atoms with van der Waals surface area (Å²) in [5.74, 6) is -23.7. The van der Waals surface area contributed by atoms with Crippen LogP contribution in [0, 0.1) is 0 Å². The number of hydrogen-bond donors (Lipinski definition) is 22. The van der Waals surface area contributed by atoms with Crippen molar-refractivity contribution in [2.24, 2.45) is 17.2 Å². The molecule has 16 atom stereocenters. The summed E-state index contributed by atoms with van der Waals surface area (Å²) in [6, 6.07) is -8.10. The van der Waals surface area contributed by atoms with Gasteiger partial charge in [0, 0.05) is 55.4 Å². The summed E-state index contributed by atoms with van der Waals surface area (Å²) in [5.41, 5.74) is 18.0. The lowest BCUT2D eigenvalue weighted by Gasteiger charge is -2.33. The van der Waals surface area contributed by atoms with Crippen molar-refractivity contribution in [3.8, 4) is 11.5 Å². The fourth-order valence-corrected chi connectivity index (χ4v) is 17.3. The molecule has 0 aliphatic carbocycles. The van der Waals surface area contributed by atoms with Crippen LogP contribution in [0.5, 0.6) is 11.5 Å². The smallest absolute Gasteiger partial charge is 0.305 e. The van der Waals surface area contributed by atoms with Crippen molar-refractivity contribution in [2.75, 3.05) is 55.9 Å². The molecule has 2 bridgehead atoms. The number of primary amides is 2. The van der Waals surface area contributed by atoms with Crippen LogP contribution < -0.4 is 86.3 Å². The number of aliphatic hydroxyl groups excluding tert-OH is 3. The Labute approximate surface area is 690 Å². The summed E-state index contributed by atoms with van der Waals surface area (Å²) >= 11 is 0. The van der Waals surface area contributed by atoms with E-state index in [0.29, 0.717) is 11.1 Å². The zero-order chi connectivity index (χ0) is 86.6. The topological polar surface area (TPSA) is 670 Å². The zero-order valence-corrected chi connectivity index (χ0v) is 67.0. The van der Waals surface area contributed by atoms with Crippen molar-refractivity contribution < 1.29 is 117 Å². The van der Waals surface area contributed by atoms with Crippen molar-refractivity contribution in [3.05, 3.63) is 95.6 Å². The highest BCUT2D eigenvalue weighted by atomic mass is 33.1. The highest BCUT2D eigenvalue weighted by Crippen LogP contribution is 2.29. The number of rotatable bonds is 16. The van der Waals surface area contributed by atoms with E-state index in [4.69, 9.17) is 17.2 Å². The Morgan fingerprint density at radius 1 is 0.466 bits per heavy atom. The number of aromatic hydroxyl groups is 2. The van der Waals surface area contributed by atoms with Gasteiger partial charge in [-0.05, 0) is 80.5 Å². The minimum absolute atomic E-state index is 0.0229. The van der Waals surface area contributed by atoms with E-state index in [9.17, 15) is 103 Å². The molecule has 4 saturated heterocycles. The van der Waals surface area contributed by atoms with Crippen LogP contribution in [0.2, 0.25) is 0 Å². The molecule has 0 spiro atoms. The fourth-order valence-electron chi connectivity index (χ4n) is 12.6. The summed E-state index contributed by atoms with van der Waals surface area (Å²) in [7, 11) is 3.11. The number of nitrogens with one attached hydrogen (secondary N) is 13. The maximum absolute atomic E-state index is 15.1. The van der Waals surface area contributed by atoms with Crippen LogP contribution in [0.1, 0.15) is 69.1 Å². The molecule has 42 nitrogen and oxygen atoms in total. The number of carboxylic acids is 1. The first-order chi connectivity index (χ1) is 56.1. The number of hydrogen-bond acceptors (Lipinski definition) is 28. The van der Waals surface area contributed by atoms with Crippen LogP contribution in [0.3, 0.4) is 0 Å². The lowest BCUT2D eigenvalue weighted by molar-refractivity contribution is -0.148. The number of benzene rings is 3. The molecule has 4 fully saturated rings. The Kier molecular flexibility index (Phi) is 36.4. The standard InChI is InChI=1S/C72H96N18O24S4/c1-34-59(101)88-57(35(2)93)70(112)81-43(25-54(74)96)62(104)83-46(28-91)64(106)80-44(26-56(98)99)63(105)78-42(23-37-12-16-39(94)17-13-37)61(103)85-48(58(75)100)30-115-117-32-50-68(110)84-47(29-92)65(107)82-45(24-38-14-18-40(95)19-15-38)71(113)90-21-7-11-53(90)72(114)89-20-6-10-52(89)69(111)87-51(33-118-116-31-49(66(108)86-50)77-55(97)27-73)67(109)79-41(60(102)76-34)22-36-8-4-3-5-9-36/h3-5,8-9,12-19,34-35,41-53,57,91-95H,6-7,10-11,20-33,73H2,1-2H3,(H2,74,96)(H2,75,100)(H,76,102)(H,77,97)(H,78,105)(H,79,109)(H,80,106)(H,81,112)(H,82,107)(H,83,104)(H,84,110)(H,85,103)(H,86,108)(H,87,111)(H,88,101)(H,98,99)/t34-,35+,41-,42-,43-,44-,45-,46-,47-,48-,49-,50-,51-,52-,53-,57-/m0/s1. The van der Waals surface area contributed by atoms with Gasteiger partial charge < -0.3 is 127 Å². The van der Waals surface area contributed by atoms with Crippen molar-refractivity contribution in [3.63, 3.8) is 0 Å². The van der Waals surface area contributed by atoms with Gasteiger partial charge in [0.15, 0.2) is 0 Å². The van der Waals surface area contributed by atoms with Crippen LogP contribution in [0.15, 0.2) is 78.9 Å². The third kappa shape index (κ3) is 28.1.